The van der Waals surface area contributed by atoms with Gasteiger partial charge >= 0.3 is 0 Å². The highest BCUT2D eigenvalue weighted by Gasteiger charge is 1.92. The highest BCUT2D eigenvalue weighted by atomic mass is 16.5. The van der Waals surface area contributed by atoms with Gasteiger partial charge in [0.2, 0.25) is 0 Å². The normalized spacial score (nSPS) is 16.8. The van der Waals surface area contributed by atoms with Gasteiger partial charge in [0.15, 0.2) is 5.96 Å². The average molecular weight is 146 g/mol. The van der Waals surface area contributed by atoms with Crippen molar-refractivity contribution in [1.29, 1.82) is 5.41 Å². The van der Waals surface area contributed by atoms with Crippen LogP contribution in [0.25, 0.3) is 0 Å². The van der Waals surface area contributed by atoms with E-state index in [0.29, 0.717) is 0 Å². The molecule has 5 nitrogen and oxygen atoms in total. The monoisotopic (exact) mass is 146 g/mol. The number of guanidine groups is 1. The molecule has 0 aliphatic carbocycles. The van der Waals surface area contributed by atoms with Crippen LogP contribution in [-0.4, -0.2) is 32.3 Å². The van der Waals surface area contributed by atoms with Crippen molar-refractivity contribution in [2.45, 2.75) is 0 Å². The van der Waals surface area contributed by atoms with E-state index in [1.807, 2.05) is 0 Å². The number of morpholine rings is 1. The molecule has 0 bridgehead atoms. The van der Waals surface area contributed by atoms with E-state index in [0.717, 1.165) is 26.3 Å². The molecule has 1 aliphatic rings. The van der Waals surface area contributed by atoms with Crippen LogP contribution in [0.4, 0.5) is 0 Å². The number of hydrogen-bond acceptors (Lipinski definition) is 3. The summed E-state index contributed by atoms with van der Waals surface area (Å²) < 4.78 is 5.01. The zero-order valence-corrected chi connectivity index (χ0v) is 5.89. The molecule has 1 saturated heterocycles. The highest BCUT2D eigenvalue weighted by molar-refractivity contribution is 5.71. The largest absolute Gasteiger partial charge is 0.379 e. The molecule has 1 fully saturated rings. The van der Waals surface area contributed by atoms with Gasteiger partial charge < -0.3 is 21.5 Å². The molecule has 0 saturated carbocycles. The first kappa shape index (κ1) is 9.19. The third-order valence-electron chi connectivity index (χ3n) is 0.846. The van der Waals surface area contributed by atoms with Gasteiger partial charge in [0.05, 0.1) is 13.2 Å². The lowest BCUT2D eigenvalue weighted by molar-refractivity contribution is 0.109. The maximum atomic E-state index is 6.06. The Labute approximate surface area is 60.2 Å². The van der Waals surface area contributed by atoms with Gasteiger partial charge in [-0.3, -0.25) is 5.41 Å². The summed E-state index contributed by atoms with van der Waals surface area (Å²) in [5.41, 5.74) is 8.94. The summed E-state index contributed by atoms with van der Waals surface area (Å²) in [5, 5.41) is 9.22. The second-order valence-corrected chi connectivity index (χ2v) is 1.82. The smallest absolute Gasteiger partial charge is 0.183 e. The van der Waals surface area contributed by atoms with E-state index in [2.05, 4.69) is 16.8 Å². The van der Waals surface area contributed by atoms with Crippen molar-refractivity contribution in [3.05, 3.63) is 0 Å². The van der Waals surface area contributed by atoms with E-state index >= 15 is 0 Å². The second-order valence-electron chi connectivity index (χ2n) is 1.82. The van der Waals surface area contributed by atoms with E-state index in [1.165, 1.54) is 0 Å². The Bertz CT molecular complexity index is 76.1. The summed E-state index contributed by atoms with van der Waals surface area (Å²) in [5.74, 6) is -0.333. The van der Waals surface area contributed by atoms with Gasteiger partial charge in [-0.25, -0.2) is 0 Å². The molecule has 1 rings (SSSR count). The van der Waals surface area contributed by atoms with Gasteiger partial charge in [-0.05, 0) is 0 Å². The van der Waals surface area contributed by atoms with Crippen molar-refractivity contribution in [1.82, 2.24) is 5.32 Å². The summed E-state index contributed by atoms with van der Waals surface area (Å²) in [6.07, 6.45) is 0. The van der Waals surface area contributed by atoms with Gasteiger partial charge in [0, 0.05) is 13.1 Å². The number of nitrogens with one attached hydrogen (secondary N) is 2. The van der Waals surface area contributed by atoms with Crippen molar-refractivity contribution in [2.24, 2.45) is 11.5 Å². The Hall–Kier alpha value is -0.810. The van der Waals surface area contributed by atoms with Gasteiger partial charge in [-0.15, -0.1) is 0 Å². The maximum Gasteiger partial charge on any atom is 0.183 e. The quantitative estimate of drug-likeness (QED) is 0.245. The molecule has 0 aromatic heterocycles. The van der Waals surface area contributed by atoms with Crippen molar-refractivity contribution in [3.8, 4) is 0 Å². The van der Waals surface area contributed by atoms with Gasteiger partial charge in [0.1, 0.15) is 0 Å². The minimum atomic E-state index is -0.333. The molecule has 60 valence electrons. The standard InChI is InChI=1S/C4H9NO.CH5N3/c1-3-6-4-2-5-1;2-1(3)4/h5H,1-4H2;(H5,2,3,4). The summed E-state index contributed by atoms with van der Waals surface area (Å²) in [6.45, 7) is 3.83. The summed E-state index contributed by atoms with van der Waals surface area (Å²) in [4.78, 5) is 0. The molecule has 0 aromatic carbocycles. The minimum absolute atomic E-state index is 0.333. The molecular weight excluding hydrogens is 132 g/mol. The van der Waals surface area contributed by atoms with Crippen LogP contribution in [0.1, 0.15) is 0 Å². The van der Waals surface area contributed by atoms with Gasteiger partial charge in [-0.2, -0.15) is 0 Å². The van der Waals surface area contributed by atoms with Gasteiger partial charge in [0.25, 0.3) is 0 Å². The third-order valence-corrected chi connectivity index (χ3v) is 0.846. The Morgan fingerprint density at radius 2 is 1.70 bits per heavy atom. The van der Waals surface area contributed by atoms with Crippen molar-refractivity contribution in [3.63, 3.8) is 0 Å². The third kappa shape index (κ3) is 10.2. The Morgan fingerprint density at radius 3 is 1.80 bits per heavy atom. The first-order valence-electron chi connectivity index (χ1n) is 3.11. The van der Waals surface area contributed by atoms with Crippen LogP contribution >= 0.6 is 0 Å². The zero-order chi connectivity index (χ0) is 7.82. The zero-order valence-electron chi connectivity index (χ0n) is 5.89. The lowest BCUT2D eigenvalue weighted by atomic mass is 10.5. The molecule has 0 unspecified atom stereocenters. The molecule has 5 heteroatoms. The van der Waals surface area contributed by atoms with E-state index in [9.17, 15) is 0 Å². The van der Waals surface area contributed by atoms with E-state index < -0.39 is 0 Å². The first-order valence-corrected chi connectivity index (χ1v) is 3.11. The molecule has 10 heavy (non-hydrogen) atoms. The Morgan fingerprint density at radius 1 is 1.30 bits per heavy atom. The van der Waals surface area contributed by atoms with Crippen LogP contribution in [0.15, 0.2) is 0 Å². The number of nitrogens with two attached hydrogens (primary N) is 2. The van der Waals surface area contributed by atoms with Crippen LogP contribution in [0, 0.1) is 5.41 Å². The van der Waals surface area contributed by atoms with Crippen LogP contribution in [0.2, 0.25) is 0 Å². The van der Waals surface area contributed by atoms with Crippen LogP contribution in [0.5, 0.6) is 0 Å². The SMILES string of the molecule is C1COCCN1.N=C(N)N. The molecule has 0 radical (unpaired) electrons. The average Bonchev–Trinajstić information content (AvgIpc) is 1.90. The summed E-state index contributed by atoms with van der Waals surface area (Å²) >= 11 is 0. The first-order chi connectivity index (χ1) is 4.73. The molecule has 0 amide bonds. The number of rotatable bonds is 0. The lowest BCUT2D eigenvalue weighted by Crippen LogP contribution is -2.30. The molecule has 1 heterocycles. The van der Waals surface area contributed by atoms with Crippen LogP contribution < -0.4 is 16.8 Å². The Balaban J connectivity index is 0.000000180. The van der Waals surface area contributed by atoms with Crippen molar-refractivity contribution >= 4 is 5.96 Å². The molecule has 0 aromatic rings. The van der Waals surface area contributed by atoms with Gasteiger partial charge in [-0.1, -0.05) is 0 Å². The van der Waals surface area contributed by atoms with Crippen molar-refractivity contribution < 1.29 is 4.74 Å². The summed E-state index contributed by atoms with van der Waals surface area (Å²) in [6, 6.07) is 0. The minimum Gasteiger partial charge on any atom is -0.379 e. The molecular formula is C5H14N4O. The predicted octanol–water partition coefficient (Wildman–Crippen LogP) is -1.56. The fraction of sp³-hybridized carbons (Fsp3) is 0.800. The van der Waals surface area contributed by atoms with E-state index in [-0.39, 0.29) is 5.96 Å². The number of hydrogen-bond donors (Lipinski definition) is 4. The Kier molecular flexibility index (Phi) is 5.80. The molecule has 0 atom stereocenters. The highest BCUT2D eigenvalue weighted by Crippen LogP contribution is 1.76. The molecule has 6 N–H and O–H groups in total. The lowest BCUT2D eigenvalue weighted by Gasteiger charge is -2.10. The topological polar surface area (TPSA) is 97.1 Å². The summed E-state index contributed by atoms with van der Waals surface area (Å²) in [7, 11) is 0. The van der Waals surface area contributed by atoms with Crippen LogP contribution in [-0.2, 0) is 4.74 Å². The van der Waals surface area contributed by atoms with E-state index in [4.69, 9.17) is 10.1 Å². The van der Waals surface area contributed by atoms with Crippen molar-refractivity contribution in [2.75, 3.05) is 26.3 Å². The maximum absolute atomic E-state index is 6.06. The second kappa shape index (κ2) is 6.31. The number of ether oxygens (including phenoxy) is 1. The molecule has 0 spiro atoms. The van der Waals surface area contributed by atoms with E-state index in [1.54, 1.807) is 0 Å². The predicted molar refractivity (Wildman–Crippen MR) is 39.8 cm³/mol. The molecule has 1 aliphatic heterocycles. The fourth-order valence-corrected chi connectivity index (χ4v) is 0.516. The van der Waals surface area contributed by atoms with Crippen LogP contribution in [0.3, 0.4) is 0 Å². The fourth-order valence-electron chi connectivity index (χ4n) is 0.516.